The SMILES string of the molecule is C[C@@H](N[C@H]1CCC[C@H](c2ccc(C(=O)NCC(=O)O)cc2)C1)c1cccc2ccccc12. The van der Waals surface area contributed by atoms with E-state index >= 15 is 0 Å². The van der Waals surface area contributed by atoms with Crippen molar-refractivity contribution in [1.29, 1.82) is 0 Å². The molecule has 0 radical (unpaired) electrons. The number of rotatable bonds is 7. The van der Waals surface area contributed by atoms with Gasteiger partial charge in [-0.1, -0.05) is 61.0 Å². The van der Waals surface area contributed by atoms with Crippen LogP contribution in [0.4, 0.5) is 0 Å². The third-order valence-electron chi connectivity index (χ3n) is 6.49. The number of carboxylic acid groups (broad SMARTS) is 1. The zero-order valence-electron chi connectivity index (χ0n) is 18.4. The normalized spacial score (nSPS) is 19.4. The molecule has 1 saturated carbocycles. The molecule has 0 unspecified atom stereocenters. The molecule has 4 rings (SSSR count). The van der Waals surface area contributed by atoms with Crippen LogP contribution in [0.1, 0.15) is 66.1 Å². The molecule has 166 valence electrons. The second-order valence-electron chi connectivity index (χ2n) is 8.72. The molecule has 1 amide bonds. The summed E-state index contributed by atoms with van der Waals surface area (Å²) in [5.41, 5.74) is 3.07. The lowest BCUT2D eigenvalue weighted by Gasteiger charge is -2.32. The highest BCUT2D eigenvalue weighted by atomic mass is 16.4. The first-order valence-electron chi connectivity index (χ1n) is 11.3. The third kappa shape index (κ3) is 5.17. The summed E-state index contributed by atoms with van der Waals surface area (Å²) >= 11 is 0. The van der Waals surface area contributed by atoms with Crippen LogP contribution in [-0.4, -0.2) is 29.6 Å². The Hall–Kier alpha value is -3.18. The molecular weight excluding hydrogens is 400 g/mol. The molecule has 3 aromatic rings. The number of hydrogen-bond donors (Lipinski definition) is 3. The van der Waals surface area contributed by atoms with Gasteiger partial charge in [-0.25, -0.2) is 0 Å². The minimum atomic E-state index is -1.05. The predicted molar refractivity (Wildman–Crippen MR) is 127 cm³/mol. The quantitative estimate of drug-likeness (QED) is 0.491. The zero-order valence-corrected chi connectivity index (χ0v) is 18.4. The molecule has 0 bridgehead atoms. The Morgan fingerprint density at radius 1 is 1.00 bits per heavy atom. The molecule has 3 aromatic carbocycles. The van der Waals surface area contributed by atoms with Gasteiger partial charge in [0, 0.05) is 17.6 Å². The summed E-state index contributed by atoms with van der Waals surface area (Å²) in [6.07, 6.45) is 4.55. The second-order valence-corrected chi connectivity index (χ2v) is 8.72. The van der Waals surface area contributed by atoms with E-state index in [1.54, 1.807) is 12.1 Å². The zero-order chi connectivity index (χ0) is 22.5. The van der Waals surface area contributed by atoms with Crippen LogP contribution in [0.15, 0.2) is 66.7 Å². The maximum Gasteiger partial charge on any atom is 0.322 e. The van der Waals surface area contributed by atoms with Crippen molar-refractivity contribution in [2.24, 2.45) is 0 Å². The Balaban J connectivity index is 1.40. The van der Waals surface area contributed by atoms with Gasteiger partial charge in [-0.2, -0.15) is 0 Å². The Morgan fingerprint density at radius 3 is 2.53 bits per heavy atom. The van der Waals surface area contributed by atoms with Gasteiger partial charge >= 0.3 is 5.97 Å². The van der Waals surface area contributed by atoms with Crippen LogP contribution in [0.2, 0.25) is 0 Å². The molecule has 3 N–H and O–H groups in total. The highest BCUT2D eigenvalue weighted by Crippen LogP contribution is 2.34. The van der Waals surface area contributed by atoms with Crippen LogP contribution in [0, 0.1) is 0 Å². The minimum Gasteiger partial charge on any atom is -0.480 e. The fourth-order valence-corrected chi connectivity index (χ4v) is 4.88. The number of hydrogen-bond acceptors (Lipinski definition) is 3. The largest absolute Gasteiger partial charge is 0.480 e. The van der Waals surface area contributed by atoms with E-state index in [9.17, 15) is 9.59 Å². The summed E-state index contributed by atoms with van der Waals surface area (Å²) in [4.78, 5) is 22.7. The summed E-state index contributed by atoms with van der Waals surface area (Å²) in [6.45, 7) is 1.88. The average Bonchev–Trinajstić information content (AvgIpc) is 2.82. The number of aliphatic carboxylic acids is 1. The summed E-state index contributed by atoms with van der Waals surface area (Å²) in [6, 6.07) is 23.4. The molecule has 0 spiro atoms. The van der Waals surface area contributed by atoms with Crippen LogP contribution < -0.4 is 10.6 Å². The lowest BCUT2D eigenvalue weighted by Crippen LogP contribution is -2.35. The van der Waals surface area contributed by atoms with Gasteiger partial charge in [0.1, 0.15) is 6.54 Å². The number of benzene rings is 3. The summed E-state index contributed by atoms with van der Waals surface area (Å²) in [7, 11) is 0. The molecule has 0 saturated heterocycles. The highest BCUT2D eigenvalue weighted by molar-refractivity contribution is 5.95. The van der Waals surface area contributed by atoms with Crippen molar-refractivity contribution in [1.82, 2.24) is 10.6 Å². The van der Waals surface area contributed by atoms with Crippen molar-refractivity contribution in [2.75, 3.05) is 6.54 Å². The van der Waals surface area contributed by atoms with Crippen LogP contribution in [0.3, 0.4) is 0 Å². The number of carboxylic acids is 1. The monoisotopic (exact) mass is 430 g/mol. The van der Waals surface area contributed by atoms with Crippen molar-refractivity contribution >= 4 is 22.6 Å². The van der Waals surface area contributed by atoms with Crippen molar-refractivity contribution in [3.63, 3.8) is 0 Å². The van der Waals surface area contributed by atoms with E-state index in [0.29, 0.717) is 17.5 Å². The fraction of sp³-hybridized carbons (Fsp3) is 0.333. The number of nitrogens with one attached hydrogen (secondary N) is 2. The van der Waals surface area contributed by atoms with E-state index < -0.39 is 5.97 Å². The maximum atomic E-state index is 12.1. The molecule has 32 heavy (non-hydrogen) atoms. The second kappa shape index (κ2) is 9.96. The van der Waals surface area contributed by atoms with Gasteiger partial charge in [-0.05, 0) is 66.1 Å². The number of carbonyl (C=O) groups excluding carboxylic acids is 1. The average molecular weight is 431 g/mol. The Kier molecular flexibility index (Phi) is 6.86. The number of fused-ring (bicyclic) bond motifs is 1. The standard InChI is InChI=1S/C27H30N2O3/c1-18(24-11-5-7-20-6-2-3-10-25(20)24)29-23-9-4-8-22(16-23)19-12-14-21(15-13-19)27(32)28-17-26(30)31/h2-3,5-7,10-15,18,22-23,29H,4,8-9,16-17H2,1H3,(H,28,32)(H,30,31)/t18-,22+,23+/m1/s1. The van der Waals surface area contributed by atoms with E-state index in [1.807, 2.05) is 12.1 Å². The van der Waals surface area contributed by atoms with Gasteiger partial charge in [0.2, 0.25) is 0 Å². The van der Waals surface area contributed by atoms with Crippen molar-refractivity contribution in [2.45, 2.75) is 50.6 Å². The van der Waals surface area contributed by atoms with E-state index in [1.165, 1.54) is 34.7 Å². The summed E-state index contributed by atoms with van der Waals surface area (Å²) < 4.78 is 0. The summed E-state index contributed by atoms with van der Waals surface area (Å²) in [5, 5.41) is 17.6. The maximum absolute atomic E-state index is 12.1. The molecule has 0 aromatic heterocycles. The van der Waals surface area contributed by atoms with Crippen molar-refractivity contribution < 1.29 is 14.7 Å². The molecule has 1 aliphatic rings. The lowest BCUT2D eigenvalue weighted by molar-refractivity contribution is -0.135. The number of carbonyl (C=O) groups is 2. The molecule has 0 aliphatic heterocycles. The molecule has 5 nitrogen and oxygen atoms in total. The van der Waals surface area contributed by atoms with Crippen molar-refractivity contribution in [3.8, 4) is 0 Å². The van der Waals surface area contributed by atoms with Gasteiger partial charge in [-0.15, -0.1) is 0 Å². The number of amides is 1. The van der Waals surface area contributed by atoms with E-state index in [-0.39, 0.29) is 18.5 Å². The van der Waals surface area contributed by atoms with Gasteiger partial charge in [0.05, 0.1) is 0 Å². The summed E-state index contributed by atoms with van der Waals surface area (Å²) in [5.74, 6) is -0.948. The van der Waals surface area contributed by atoms with E-state index in [2.05, 4.69) is 60.0 Å². The van der Waals surface area contributed by atoms with Gasteiger partial charge < -0.3 is 15.7 Å². The first kappa shape index (κ1) is 22.0. The smallest absolute Gasteiger partial charge is 0.322 e. The van der Waals surface area contributed by atoms with Crippen LogP contribution in [-0.2, 0) is 4.79 Å². The first-order valence-corrected chi connectivity index (χ1v) is 11.3. The minimum absolute atomic E-state index is 0.269. The van der Waals surface area contributed by atoms with Crippen LogP contribution in [0.25, 0.3) is 10.8 Å². The highest BCUT2D eigenvalue weighted by Gasteiger charge is 2.25. The van der Waals surface area contributed by atoms with E-state index in [4.69, 9.17) is 5.11 Å². The van der Waals surface area contributed by atoms with E-state index in [0.717, 1.165) is 12.8 Å². The Morgan fingerprint density at radius 2 is 1.75 bits per heavy atom. The first-order chi connectivity index (χ1) is 15.5. The molecule has 0 heterocycles. The molecule has 3 atom stereocenters. The van der Waals surface area contributed by atoms with Gasteiger partial charge in [0.15, 0.2) is 0 Å². The van der Waals surface area contributed by atoms with Gasteiger partial charge in [-0.3, -0.25) is 9.59 Å². The molecule has 1 fully saturated rings. The molecule has 1 aliphatic carbocycles. The third-order valence-corrected chi connectivity index (χ3v) is 6.49. The molecular formula is C27H30N2O3. The Labute approximate surface area is 188 Å². The van der Waals surface area contributed by atoms with Crippen LogP contribution >= 0.6 is 0 Å². The lowest BCUT2D eigenvalue weighted by atomic mass is 9.80. The Bertz CT molecular complexity index is 1090. The topological polar surface area (TPSA) is 78.4 Å². The van der Waals surface area contributed by atoms with Crippen molar-refractivity contribution in [3.05, 3.63) is 83.4 Å². The van der Waals surface area contributed by atoms with Crippen LogP contribution in [0.5, 0.6) is 0 Å². The fourth-order valence-electron chi connectivity index (χ4n) is 4.88. The van der Waals surface area contributed by atoms with Gasteiger partial charge in [0.25, 0.3) is 5.91 Å². The molecule has 5 heteroatoms. The predicted octanol–water partition coefficient (Wildman–Crippen LogP) is 5.03.